The Balaban J connectivity index is 2.07. The minimum Gasteiger partial charge on any atom is -0.546 e. The van der Waals surface area contributed by atoms with E-state index in [0.29, 0.717) is 5.02 Å². The molecule has 0 fully saturated rings. The van der Waals surface area contributed by atoms with Crippen molar-refractivity contribution in [1.82, 2.24) is 0 Å². The van der Waals surface area contributed by atoms with E-state index in [0.717, 1.165) is 20.5 Å². The molecule has 0 spiro atoms. The molecule has 1 aromatic heterocycles. The fourth-order valence-electron chi connectivity index (χ4n) is 2.38. The molecule has 0 saturated carbocycles. The summed E-state index contributed by atoms with van der Waals surface area (Å²) >= 11 is 14.2. The number of thiophene rings is 1. The number of carbonyl (C=O) groups excluding carboxylic acids is 1. The van der Waals surface area contributed by atoms with Gasteiger partial charge in [0.2, 0.25) is 0 Å². The average molecular weight is 380 g/mol. The van der Waals surface area contributed by atoms with Crippen molar-refractivity contribution in [3.63, 3.8) is 0 Å². The first kappa shape index (κ1) is 17.1. The number of carboxylic acid groups (broad SMARTS) is 1. The molecule has 0 aliphatic heterocycles. The highest BCUT2D eigenvalue weighted by Gasteiger charge is 2.18. The monoisotopic (exact) mass is 379 g/mol. The highest BCUT2D eigenvalue weighted by atomic mass is 35.5. The second-order valence-electron chi connectivity index (χ2n) is 5.23. The van der Waals surface area contributed by atoms with Gasteiger partial charge in [-0.25, -0.2) is 0 Å². The Morgan fingerprint density at radius 2 is 1.92 bits per heavy atom. The number of rotatable bonds is 5. The van der Waals surface area contributed by atoms with Crippen LogP contribution in [0.4, 0.5) is 0 Å². The van der Waals surface area contributed by atoms with E-state index in [1.165, 1.54) is 11.3 Å². The van der Waals surface area contributed by atoms with Gasteiger partial charge in [0.25, 0.3) is 0 Å². The zero-order chi connectivity index (χ0) is 17.3. The van der Waals surface area contributed by atoms with E-state index in [-0.39, 0.29) is 17.2 Å². The number of halogens is 2. The minimum absolute atomic E-state index is 0.213. The number of aliphatic carboxylic acids is 1. The summed E-state index contributed by atoms with van der Waals surface area (Å²) in [5, 5.41) is 12.5. The number of carbonyl (C=O) groups is 1. The van der Waals surface area contributed by atoms with Gasteiger partial charge in [0.1, 0.15) is 16.9 Å². The van der Waals surface area contributed by atoms with Gasteiger partial charge in [-0.15, -0.1) is 11.3 Å². The van der Waals surface area contributed by atoms with Crippen LogP contribution in [-0.4, -0.2) is 12.1 Å². The molecule has 1 unspecified atom stereocenters. The van der Waals surface area contributed by atoms with Gasteiger partial charge in [-0.1, -0.05) is 60.5 Å². The molecule has 3 nitrogen and oxygen atoms in total. The third-order valence-electron chi connectivity index (χ3n) is 3.62. The Morgan fingerprint density at radius 1 is 1.21 bits per heavy atom. The molecule has 1 heterocycles. The summed E-state index contributed by atoms with van der Waals surface area (Å²) in [6.45, 7) is 1.70. The zero-order valence-corrected chi connectivity index (χ0v) is 15.0. The SMILES string of the molecule is CCC(Oc1cc2cc(-c3ccccc3)sc2c(Cl)c1Cl)C(=O)[O-]. The maximum Gasteiger partial charge on any atom is 0.141 e. The largest absolute Gasteiger partial charge is 0.546 e. The van der Waals surface area contributed by atoms with Crippen LogP contribution in [0.5, 0.6) is 5.75 Å². The van der Waals surface area contributed by atoms with Crippen LogP contribution in [-0.2, 0) is 4.79 Å². The lowest BCUT2D eigenvalue weighted by Crippen LogP contribution is -2.39. The maximum absolute atomic E-state index is 11.1. The quantitative estimate of drug-likeness (QED) is 0.640. The first-order valence-electron chi connectivity index (χ1n) is 7.35. The molecular formula is C18H13Cl2O3S-. The summed E-state index contributed by atoms with van der Waals surface area (Å²) in [6, 6.07) is 13.6. The van der Waals surface area contributed by atoms with E-state index in [2.05, 4.69) is 0 Å². The number of benzene rings is 2. The van der Waals surface area contributed by atoms with Crippen molar-refractivity contribution in [2.75, 3.05) is 0 Å². The molecule has 0 amide bonds. The van der Waals surface area contributed by atoms with Gasteiger partial charge in [-0.3, -0.25) is 0 Å². The lowest BCUT2D eigenvalue weighted by Gasteiger charge is -2.19. The smallest absolute Gasteiger partial charge is 0.141 e. The molecule has 0 bridgehead atoms. The summed E-state index contributed by atoms with van der Waals surface area (Å²) in [5.74, 6) is -1.03. The highest BCUT2D eigenvalue weighted by Crippen LogP contribution is 2.44. The van der Waals surface area contributed by atoms with Crippen LogP contribution in [0.15, 0.2) is 42.5 Å². The van der Waals surface area contributed by atoms with E-state index in [1.807, 2.05) is 36.4 Å². The van der Waals surface area contributed by atoms with Crippen LogP contribution in [0, 0.1) is 0 Å². The molecule has 0 radical (unpaired) electrons. The molecule has 0 N–H and O–H groups in total. The Kier molecular flexibility index (Phi) is 4.99. The number of ether oxygens (including phenoxy) is 1. The van der Waals surface area contributed by atoms with Crippen LogP contribution in [0.3, 0.4) is 0 Å². The van der Waals surface area contributed by atoms with Crippen molar-refractivity contribution in [2.45, 2.75) is 19.4 Å². The summed E-state index contributed by atoms with van der Waals surface area (Å²) in [4.78, 5) is 12.1. The third-order valence-corrected chi connectivity index (χ3v) is 5.80. The molecule has 3 aromatic rings. The predicted octanol–water partition coefficient (Wildman–Crippen LogP) is 4.78. The van der Waals surface area contributed by atoms with Gasteiger partial charge in [0.05, 0.1) is 15.7 Å². The molecule has 6 heteroatoms. The third kappa shape index (κ3) is 3.22. The van der Waals surface area contributed by atoms with Crippen LogP contribution < -0.4 is 9.84 Å². The summed E-state index contributed by atoms with van der Waals surface area (Å²) in [7, 11) is 0. The van der Waals surface area contributed by atoms with E-state index >= 15 is 0 Å². The van der Waals surface area contributed by atoms with Gasteiger partial charge in [0.15, 0.2) is 0 Å². The zero-order valence-electron chi connectivity index (χ0n) is 12.7. The van der Waals surface area contributed by atoms with Crippen LogP contribution >= 0.6 is 34.5 Å². The number of hydrogen-bond donors (Lipinski definition) is 0. The summed E-state index contributed by atoms with van der Waals surface area (Å²) < 4.78 is 6.33. The van der Waals surface area contributed by atoms with E-state index < -0.39 is 12.1 Å². The highest BCUT2D eigenvalue weighted by molar-refractivity contribution is 7.23. The maximum atomic E-state index is 11.1. The lowest BCUT2D eigenvalue weighted by atomic mass is 10.1. The van der Waals surface area contributed by atoms with Gasteiger partial charge in [-0.2, -0.15) is 0 Å². The molecule has 1 atom stereocenters. The molecule has 24 heavy (non-hydrogen) atoms. The average Bonchev–Trinajstić information content (AvgIpc) is 3.01. The predicted molar refractivity (Wildman–Crippen MR) is 97.0 cm³/mol. The Labute approximate surface area is 153 Å². The molecule has 3 rings (SSSR count). The van der Waals surface area contributed by atoms with Gasteiger partial charge < -0.3 is 14.6 Å². The molecule has 2 aromatic carbocycles. The summed E-state index contributed by atoms with van der Waals surface area (Å²) in [6.07, 6.45) is -0.795. The lowest BCUT2D eigenvalue weighted by molar-refractivity contribution is -0.313. The molecular weight excluding hydrogens is 367 g/mol. The first-order valence-corrected chi connectivity index (χ1v) is 8.93. The standard InChI is InChI=1S/C18H14Cl2O3S/c1-2-12(18(21)22)23-13-8-11-9-14(10-6-4-3-5-7-10)24-17(11)16(20)15(13)19/h3-9,12H,2H2,1H3,(H,21,22)/p-1. The van der Waals surface area contributed by atoms with Gasteiger partial charge in [-0.05, 0) is 29.5 Å². The molecule has 124 valence electrons. The Bertz CT molecular complexity index is 890. The fourth-order valence-corrected chi connectivity index (χ4v) is 4.03. The van der Waals surface area contributed by atoms with Crippen molar-refractivity contribution in [3.05, 3.63) is 52.5 Å². The normalized spacial score (nSPS) is 12.3. The number of hydrogen-bond acceptors (Lipinski definition) is 4. The number of carboxylic acids is 1. The van der Waals surface area contributed by atoms with Gasteiger partial charge >= 0.3 is 0 Å². The Morgan fingerprint density at radius 3 is 2.54 bits per heavy atom. The van der Waals surface area contributed by atoms with E-state index in [9.17, 15) is 9.90 Å². The topological polar surface area (TPSA) is 49.4 Å². The molecule has 0 saturated heterocycles. The fraction of sp³-hybridized carbons (Fsp3) is 0.167. The van der Waals surface area contributed by atoms with Crippen molar-refractivity contribution in [1.29, 1.82) is 0 Å². The first-order chi connectivity index (χ1) is 11.5. The van der Waals surface area contributed by atoms with Crippen LogP contribution in [0.1, 0.15) is 13.3 Å². The van der Waals surface area contributed by atoms with Gasteiger partial charge in [0, 0.05) is 4.88 Å². The van der Waals surface area contributed by atoms with Crippen molar-refractivity contribution >= 4 is 50.6 Å². The van der Waals surface area contributed by atoms with Crippen molar-refractivity contribution in [2.24, 2.45) is 0 Å². The summed E-state index contributed by atoms with van der Waals surface area (Å²) in [5.41, 5.74) is 1.08. The molecule has 0 aliphatic rings. The van der Waals surface area contributed by atoms with Crippen molar-refractivity contribution in [3.8, 4) is 16.2 Å². The second kappa shape index (κ2) is 7.01. The second-order valence-corrected chi connectivity index (χ2v) is 7.04. The van der Waals surface area contributed by atoms with E-state index in [4.69, 9.17) is 27.9 Å². The van der Waals surface area contributed by atoms with E-state index in [1.54, 1.807) is 13.0 Å². The molecule has 0 aliphatic carbocycles. The Hall–Kier alpha value is -1.75. The minimum atomic E-state index is -1.28. The van der Waals surface area contributed by atoms with Crippen LogP contribution in [0.2, 0.25) is 10.0 Å². The van der Waals surface area contributed by atoms with Crippen molar-refractivity contribution < 1.29 is 14.6 Å². The number of fused-ring (bicyclic) bond motifs is 1. The van der Waals surface area contributed by atoms with Crippen LogP contribution in [0.25, 0.3) is 20.5 Å².